The van der Waals surface area contributed by atoms with E-state index in [1.807, 2.05) is 0 Å². The molecule has 0 aliphatic carbocycles. The highest BCUT2D eigenvalue weighted by atomic mass is 19.4. The third-order valence-corrected chi connectivity index (χ3v) is 1.96. The van der Waals surface area contributed by atoms with E-state index in [1.54, 1.807) is 0 Å². The van der Waals surface area contributed by atoms with Crippen molar-refractivity contribution >= 4 is 11.7 Å². The zero-order chi connectivity index (χ0) is 15.5. The van der Waals surface area contributed by atoms with Gasteiger partial charge in [0, 0.05) is 11.8 Å². The van der Waals surface area contributed by atoms with Crippen molar-refractivity contribution in [2.24, 2.45) is 0 Å². The van der Waals surface area contributed by atoms with Crippen molar-refractivity contribution in [2.45, 2.75) is 20.2 Å². The molecule has 0 atom stereocenters. The summed E-state index contributed by atoms with van der Waals surface area (Å²) < 4.78 is 44.7. The number of pyridine rings is 1. The van der Waals surface area contributed by atoms with Crippen molar-refractivity contribution in [3.05, 3.63) is 27.6 Å². The molecular weight excluding hydrogens is 285 g/mol. The van der Waals surface area contributed by atoms with Gasteiger partial charge in [0.25, 0.3) is 0 Å². The quantitative estimate of drug-likeness (QED) is 0.481. The van der Waals surface area contributed by atoms with Gasteiger partial charge in [0.1, 0.15) is 0 Å². The molecule has 0 fully saturated rings. The predicted octanol–water partition coefficient (Wildman–Crippen LogP) is 2.37. The number of esters is 1. The third kappa shape index (κ3) is 3.80. The Hall–Kier alpha value is -2.39. The number of aryl methyl sites for hydroxylation is 1. The fourth-order valence-electron chi connectivity index (χ4n) is 1.36. The van der Waals surface area contributed by atoms with E-state index >= 15 is 0 Å². The smallest absolute Gasteiger partial charge is 0.461 e. The molecule has 0 amide bonds. The van der Waals surface area contributed by atoms with Crippen LogP contribution < -0.4 is 4.74 Å². The molecule has 0 saturated carbocycles. The van der Waals surface area contributed by atoms with Crippen molar-refractivity contribution < 1.29 is 32.4 Å². The monoisotopic (exact) mass is 294 g/mol. The molecule has 0 saturated heterocycles. The van der Waals surface area contributed by atoms with Gasteiger partial charge in [0.05, 0.1) is 11.5 Å². The molecule has 0 aliphatic heterocycles. The number of aromatic nitrogens is 1. The lowest BCUT2D eigenvalue weighted by atomic mass is 10.2. The molecule has 1 heterocycles. The number of hydrogen-bond donors (Lipinski definition) is 0. The van der Waals surface area contributed by atoms with Gasteiger partial charge in [0.15, 0.2) is 0 Å². The maximum atomic E-state index is 12.2. The van der Waals surface area contributed by atoms with E-state index in [9.17, 15) is 28.1 Å². The Kier molecular flexibility index (Phi) is 4.48. The SMILES string of the molecule is CCOC(=O)c1nc(C)cc(OC(F)(F)F)c1[N+](=O)[O-]. The Bertz CT molecular complexity index is 544. The van der Waals surface area contributed by atoms with Gasteiger partial charge in [0.2, 0.25) is 11.4 Å². The van der Waals surface area contributed by atoms with Crippen LogP contribution in [0.3, 0.4) is 0 Å². The highest BCUT2D eigenvalue weighted by Crippen LogP contribution is 2.34. The fourth-order valence-corrected chi connectivity index (χ4v) is 1.36. The minimum absolute atomic E-state index is 0.0575. The maximum Gasteiger partial charge on any atom is 0.573 e. The van der Waals surface area contributed by atoms with E-state index < -0.39 is 34.4 Å². The van der Waals surface area contributed by atoms with E-state index in [4.69, 9.17) is 0 Å². The number of alkyl halides is 3. The van der Waals surface area contributed by atoms with Gasteiger partial charge in [-0.15, -0.1) is 13.2 Å². The second-order valence-electron chi connectivity index (χ2n) is 3.48. The minimum Gasteiger partial charge on any atom is -0.461 e. The lowest BCUT2D eigenvalue weighted by molar-refractivity contribution is -0.389. The van der Waals surface area contributed by atoms with Gasteiger partial charge in [-0.3, -0.25) is 10.1 Å². The predicted molar refractivity (Wildman–Crippen MR) is 58.3 cm³/mol. The first-order valence-corrected chi connectivity index (χ1v) is 5.24. The summed E-state index contributed by atoms with van der Waals surface area (Å²) in [6, 6.07) is 0.717. The summed E-state index contributed by atoms with van der Waals surface area (Å²) in [5.74, 6) is -2.31. The number of nitro groups is 1. The van der Waals surface area contributed by atoms with Gasteiger partial charge in [-0.05, 0) is 13.8 Å². The summed E-state index contributed by atoms with van der Waals surface area (Å²) in [5.41, 5.74) is -2.08. The first-order valence-electron chi connectivity index (χ1n) is 5.24. The average Bonchev–Trinajstić information content (AvgIpc) is 2.25. The van der Waals surface area contributed by atoms with Crippen LogP contribution in [0.5, 0.6) is 5.75 Å². The van der Waals surface area contributed by atoms with Gasteiger partial charge < -0.3 is 9.47 Å². The van der Waals surface area contributed by atoms with E-state index in [0.29, 0.717) is 6.07 Å². The summed E-state index contributed by atoms with van der Waals surface area (Å²) in [7, 11) is 0. The van der Waals surface area contributed by atoms with Crippen LogP contribution in [0.4, 0.5) is 18.9 Å². The molecule has 20 heavy (non-hydrogen) atoms. The molecule has 0 N–H and O–H groups in total. The van der Waals surface area contributed by atoms with Crippen LogP contribution in [0, 0.1) is 17.0 Å². The van der Waals surface area contributed by atoms with E-state index in [0.717, 1.165) is 0 Å². The standard InChI is InChI=1S/C10H9F3N2O5/c1-3-19-9(16)7-8(15(17)18)6(4-5(2)14-7)20-10(11,12)13/h4H,3H2,1-2H3. The normalized spacial score (nSPS) is 11.1. The zero-order valence-electron chi connectivity index (χ0n) is 10.4. The molecule has 7 nitrogen and oxygen atoms in total. The molecule has 10 heteroatoms. The van der Waals surface area contributed by atoms with Crippen molar-refractivity contribution in [1.29, 1.82) is 0 Å². The third-order valence-electron chi connectivity index (χ3n) is 1.96. The second-order valence-corrected chi connectivity index (χ2v) is 3.48. The molecule has 0 spiro atoms. The van der Waals surface area contributed by atoms with Crippen molar-refractivity contribution in [2.75, 3.05) is 6.61 Å². The summed E-state index contributed by atoms with van der Waals surface area (Å²) in [4.78, 5) is 24.7. The molecule has 0 bridgehead atoms. The molecule has 1 aromatic heterocycles. The van der Waals surface area contributed by atoms with Crippen LogP contribution in [-0.2, 0) is 4.74 Å². The molecule has 0 unspecified atom stereocenters. The Balaban J connectivity index is 3.44. The summed E-state index contributed by atoms with van der Waals surface area (Å²) in [6.45, 7) is 2.59. The number of carbonyl (C=O) groups excluding carboxylic acids is 1. The summed E-state index contributed by atoms with van der Waals surface area (Å²) in [6.07, 6.45) is -5.13. The highest BCUT2D eigenvalue weighted by molar-refractivity contribution is 5.93. The summed E-state index contributed by atoms with van der Waals surface area (Å²) in [5, 5.41) is 10.9. The van der Waals surface area contributed by atoms with Crippen molar-refractivity contribution in [3.8, 4) is 5.75 Å². The van der Waals surface area contributed by atoms with Crippen LogP contribution >= 0.6 is 0 Å². The van der Waals surface area contributed by atoms with E-state index in [-0.39, 0.29) is 12.3 Å². The Morgan fingerprint density at radius 3 is 2.55 bits per heavy atom. The molecule has 1 aromatic rings. The highest BCUT2D eigenvalue weighted by Gasteiger charge is 2.38. The first-order chi connectivity index (χ1) is 9.15. The van der Waals surface area contributed by atoms with Gasteiger partial charge >= 0.3 is 18.0 Å². The molecule has 0 aliphatic rings. The Morgan fingerprint density at radius 1 is 1.50 bits per heavy atom. The number of halogens is 3. The van der Waals surface area contributed by atoms with Gasteiger partial charge in [-0.25, -0.2) is 9.78 Å². The second kappa shape index (κ2) is 5.72. The number of ether oxygens (including phenoxy) is 2. The zero-order valence-corrected chi connectivity index (χ0v) is 10.4. The largest absolute Gasteiger partial charge is 0.573 e. The van der Waals surface area contributed by atoms with E-state index in [1.165, 1.54) is 13.8 Å². The van der Waals surface area contributed by atoms with Crippen molar-refractivity contribution in [1.82, 2.24) is 4.98 Å². The van der Waals surface area contributed by atoms with Gasteiger partial charge in [-0.1, -0.05) is 0 Å². The van der Waals surface area contributed by atoms with E-state index in [2.05, 4.69) is 14.5 Å². The fraction of sp³-hybridized carbons (Fsp3) is 0.400. The molecule has 0 aromatic carbocycles. The lowest BCUT2D eigenvalue weighted by Gasteiger charge is -2.11. The van der Waals surface area contributed by atoms with Crippen molar-refractivity contribution in [3.63, 3.8) is 0 Å². The summed E-state index contributed by atoms with van der Waals surface area (Å²) >= 11 is 0. The minimum atomic E-state index is -5.13. The molecular formula is C10H9F3N2O5. The average molecular weight is 294 g/mol. The van der Waals surface area contributed by atoms with Crippen LogP contribution in [-0.4, -0.2) is 28.8 Å². The van der Waals surface area contributed by atoms with Crippen LogP contribution in [0.1, 0.15) is 23.1 Å². The van der Waals surface area contributed by atoms with Crippen LogP contribution in [0.15, 0.2) is 6.07 Å². The molecule has 0 radical (unpaired) electrons. The Morgan fingerprint density at radius 2 is 2.10 bits per heavy atom. The topological polar surface area (TPSA) is 91.6 Å². The molecule has 110 valence electrons. The number of hydrogen-bond acceptors (Lipinski definition) is 6. The lowest BCUT2D eigenvalue weighted by Crippen LogP contribution is -2.20. The number of rotatable bonds is 4. The molecule has 1 rings (SSSR count). The maximum absolute atomic E-state index is 12.2. The first kappa shape index (κ1) is 15.7. The van der Waals surface area contributed by atoms with Crippen LogP contribution in [0.25, 0.3) is 0 Å². The number of carbonyl (C=O) groups is 1. The number of nitrogens with zero attached hydrogens (tertiary/aromatic N) is 2. The van der Waals surface area contributed by atoms with Gasteiger partial charge in [-0.2, -0.15) is 0 Å². The van der Waals surface area contributed by atoms with Crippen LogP contribution in [0.2, 0.25) is 0 Å². The Labute approximate surface area is 110 Å².